The van der Waals surface area contributed by atoms with E-state index in [9.17, 15) is 9.18 Å². The van der Waals surface area contributed by atoms with Gasteiger partial charge in [-0.25, -0.2) is 9.07 Å². The molecule has 0 unspecified atom stereocenters. The third kappa shape index (κ3) is 4.24. The fourth-order valence-corrected chi connectivity index (χ4v) is 3.57. The summed E-state index contributed by atoms with van der Waals surface area (Å²) in [7, 11) is 0. The summed E-state index contributed by atoms with van der Waals surface area (Å²) < 4.78 is 14.9. The molecule has 0 saturated carbocycles. The summed E-state index contributed by atoms with van der Waals surface area (Å²) in [6, 6.07) is 6.47. The van der Waals surface area contributed by atoms with Crippen molar-refractivity contribution in [3.8, 4) is 0 Å². The maximum atomic E-state index is 13.1. The van der Waals surface area contributed by atoms with Crippen LogP contribution in [-0.2, 0) is 11.3 Å². The van der Waals surface area contributed by atoms with Crippen LogP contribution in [0.1, 0.15) is 50.0 Å². The summed E-state index contributed by atoms with van der Waals surface area (Å²) in [4.78, 5) is 13.8. The fourth-order valence-electron chi connectivity index (χ4n) is 3.57. The topological polar surface area (TPSA) is 89.9 Å². The maximum Gasteiger partial charge on any atom is 0.220 e. The lowest BCUT2D eigenvalue weighted by atomic mass is 9.94. The van der Waals surface area contributed by atoms with Gasteiger partial charge in [0.2, 0.25) is 5.91 Å². The van der Waals surface area contributed by atoms with Crippen LogP contribution in [0.2, 0.25) is 0 Å². The monoisotopic (exact) mass is 360 g/mol. The Morgan fingerprint density at radius 3 is 2.62 bits per heavy atom. The predicted molar refractivity (Wildman–Crippen MR) is 94.5 cm³/mol. The van der Waals surface area contributed by atoms with E-state index in [1.165, 1.54) is 12.1 Å². The summed E-state index contributed by atoms with van der Waals surface area (Å²) in [5.41, 5.74) is 6.39. The first kappa shape index (κ1) is 18.4. The summed E-state index contributed by atoms with van der Waals surface area (Å²) in [5.74, 6) is 0.308. The van der Waals surface area contributed by atoms with Gasteiger partial charge >= 0.3 is 0 Å². The molecule has 1 saturated heterocycles. The molecule has 7 nitrogen and oxygen atoms in total. The van der Waals surface area contributed by atoms with Crippen molar-refractivity contribution in [3.05, 3.63) is 41.5 Å². The van der Waals surface area contributed by atoms with Crippen LogP contribution in [0, 0.1) is 11.7 Å². The Morgan fingerprint density at radius 2 is 2.00 bits per heavy atom. The third-order valence-corrected chi connectivity index (χ3v) is 5.04. The number of carbonyl (C=O) groups is 1. The molecule has 1 aliphatic rings. The van der Waals surface area contributed by atoms with E-state index in [1.807, 2.05) is 0 Å². The van der Waals surface area contributed by atoms with Gasteiger partial charge in [0.15, 0.2) is 5.82 Å². The number of carbonyl (C=O) groups excluding carboxylic acids is 1. The van der Waals surface area contributed by atoms with Crippen LogP contribution in [0.25, 0.3) is 0 Å². The lowest BCUT2D eigenvalue weighted by Gasteiger charge is -2.36. The van der Waals surface area contributed by atoms with Gasteiger partial charge < -0.3 is 5.73 Å². The first-order chi connectivity index (χ1) is 12.6. The van der Waals surface area contributed by atoms with Crippen molar-refractivity contribution >= 4 is 5.91 Å². The zero-order chi connectivity index (χ0) is 18.5. The molecular formula is C18H25FN6O. The summed E-state index contributed by atoms with van der Waals surface area (Å²) >= 11 is 0. The number of primary amides is 1. The van der Waals surface area contributed by atoms with Crippen LogP contribution in [0.15, 0.2) is 24.3 Å². The highest BCUT2D eigenvalue weighted by atomic mass is 19.1. The number of hydrogen-bond donors (Lipinski definition) is 1. The summed E-state index contributed by atoms with van der Waals surface area (Å²) in [6.07, 6.45) is 3.49. The van der Waals surface area contributed by atoms with Gasteiger partial charge in [0.25, 0.3) is 0 Å². The molecule has 1 aromatic carbocycles. The van der Waals surface area contributed by atoms with Crippen LogP contribution in [0.4, 0.5) is 4.39 Å². The first-order valence-corrected chi connectivity index (χ1v) is 9.12. The van der Waals surface area contributed by atoms with Crippen molar-refractivity contribution in [3.63, 3.8) is 0 Å². The minimum atomic E-state index is -0.258. The van der Waals surface area contributed by atoms with Crippen molar-refractivity contribution in [2.24, 2.45) is 11.7 Å². The molecule has 1 amide bonds. The van der Waals surface area contributed by atoms with Gasteiger partial charge in [0, 0.05) is 5.92 Å². The highest BCUT2D eigenvalue weighted by Gasteiger charge is 2.30. The van der Waals surface area contributed by atoms with Crippen LogP contribution >= 0.6 is 0 Å². The van der Waals surface area contributed by atoms with Crippen molar-refractivity contribution in [2.45, 2.75) is 45.2 Å². The second-order valence-corrected chi connectivity index (χ2v) is 6.84. The molecule has 2 N–H and O–H groups in total. The molecule has 1 aromatic heterocycles. The van der Waals surface area contributed by atoms with Gasteiger partial charge in [-0.05, 0) is 60.5 Å². The molecule has 3 rings (SSSR count). The number of amides is 1. The molecule has 1 aliphatic heterocycles. The van der Waals surface area contributed by atoms with Crippen LogP contribution in [0.3, 0.4) is 0 Å². The Balaban J connectivity index is 1.75. The third-order valence-electron chi connectivity index (χ3n) is 5.04. The number of piperidine rings is 1. The average molecular weight is 360 g/mol. The first-order valence-electron chi connectivity index (χ1n) is 9.12. The Labute approximate surface area is 152 Å². The van der Waals surface area contributed by atoms with Gasteiger partial charge in [0.1, 0.15) is 5.82 Å². The second kappa shape index (κ2) is 8.35. The Morgan fingerprint density at radius 1 is 1.31 bits per heavy atom. The molecule has 2 aromatic rings. The van der Waals surface area contributed by atoms with E-state index in [0.717, 1.165) is 50.2 Å². The van der Waals surface area contributed by atoms with E-state index >= 15 is 0 Å². The number of nitrogens with zero attached hydrogens (tertiary/aromatic N) is 5. The maximum absolute atomic E-state index is 13.1. The standard InChI is InChI=1S/C18H25FN6O/c1-2-3-16(24-10-8-14(9-11-24)17(20)26)18-21-22-23-25(18)12-13-4-6-15(19)7-5-13/h4-7,14,16H,2-3,8-12H2,1H3,(H2,20,26)/t16-/m1/s1. The number of rotatable bonds is 7. The van der Waals surface area contributed by atoms with Crippen molar-refractivity contribution < 1.29 is 9.18 Å². The van der Waals surface area contributed by atoms with Gasteiger partial charge in [0.05, 0.1) is 12.6 Å². The van der Waals surface area contributed by atoms with Gasteiger partial charge in [-0.3, -0.25) is 9.69 Å². The molecule has 26 heavy (non-hydrogen) atoms. The molecule has 0 radical (unpaired) electrons. The van der Waals surface area contributed by atoms with Crippen LogP contribution in [0.5, 0.6) is 0 Å². The number of nitrogens with two attached hydrogens (primary N) is 1. The normalized spacial score (nSPS) is 17.3. The van der Waals surface area contributed by atoms with Gasteiger partial charge in [-0.1, -0.05) is 25.5 Å². The van der Waals surface area contributed by atoms with Crippen molar-refractivity contribution in [1.82, 2.24) is 25.1 Å². The number of benzene rings is 1. The SMILES string of the molecule is CCC[C@H](c1nnnn1Cc1ccc(F)cc1)N1CCC(C(N)=O)CC1. The molecule has 1 atom stereocenters. The van der Waals surface area contributed by atoms with Crippen molar-refractivity contribution in [1.29, 1.82) is 0 Å². The van der Waals surface area contributed by atoms with Crippen LogP contribution in [-0.4, -0.2) is 44.1 Å². The number of halogens is 1. The zero-order valence-corrected chi connectivity index (χ0v) is 15.0. The Bertz CT molecular complexity index is 724. The second-order valence-electron chi connectivity index (χ2n) is 6.84. The summed E-state index contributed by atoms with van der Waals surface area (Å²) in [6.45, 7) is 4.25. The molecule has 0 aliphatic carbocycles. The molecule has 1 fully saturated rings. The molecule has 0 spiro atoms. The fraction of sp³-hybridized carbons (Fsp3) is 0.556. The largest absolute Gasteiger partial charge is 0.369 e. The minimum absolute atomic E-state index is 0.0382. The highest BCUT2D eigenvalue weighted by Crippen LogP contribution is 2.29. The molecule has 0 bridgehead atoms. The van der Waals surface area contributed by atoms with E-state index < -0.39 is 0 Å². The van der Waals surface area contributed by atoms with Gasteiger partial charge in [-0.2, -0.15) is 0 Å². The average Bonchev–Trinajstić information content (AvgIpc) is 3.09. The van der Waals surface area contributed by atoms with E-state index in [1.54, 1.807) is 16.8 Å². The zero-order valence-electron chi connectivity index (χ0n) is 15.0. The Hall–Kier alpha value is -2.35. The van der Waals surface area contributed by atoms with E-state index in [2.05, 4.69) is 27.3 Å². The van der Waals surface area contributed by atoms with Crippen molar-refractivity contribution in [2.75, 3.05) is 13.1 Å². The molecule has 2 heterocycles. The quantitative estimate of drug-likeness (QED) is 0.814. The molecule has 8 heteroatoms. The van der Waals surface area contributed by atoms with E-state index in [4.69, 9.17) is 5.73 Å². The lowest BCUT2D eigenvalue weighted by Crippen LogP contribution is -2.41. The number of hydrogen-bond acceptors (Lipinski definition) is 5. The lowest BCUT2D eigenvalue weighted by molar-refractivity contribution is -0.123. The number of aromatic nitrogens is 4. The van der Waals surface area contributed by atoms with E-state index in [0.29, 0.717) is 6.54 Å². The van der Waals surface area contributed by atoms with E-state index in [-0.39, 0.29) is 23.7 Å². The summed E-state index contributed by atoms with van der Waals surface area (Å²) in [5, 5.41) is 12.3. The number of likely N-dealkylation sites (tertiary alicyclic amines) is 1. The molecule has 140 valence electrons. The van der Waals surface area contributed by atoms with Gasteiger partial charge in [-0.15, -0.1) is 5.10 Å². The smallest absolute Gasteiger partial charge is 0.220 e. The Kier molecular flexibility index (Phi) is 5.92. The minimum Gasteiger partial charge on any atom is -0.369 e. The molecular weight excluding hydrogens is 335 g/mol. The number of tetrazole rings is 1. The highest BCUT2D eigenvalue weighted by molar-refractivity contribution is 5.76. The predicted octanol–water partition coefficient (Wildman–Crippen LogP) is 1.90. The van der Waals surface area contributed by atoms with Crippen LogP contribution < -0.4 is 5.73 Å².